The van der Waals surface area contributed by atoms with E-state index in [0.29, 0.717) is 6.42 Å². The van der Waals surface area contributed by atoms with Gasteiger partial charge in [-0.3, -0.25) is 9.59 Å². The molecule has 0 spiro atoms. The number of amides is 2. The van der Waals surface area contributed by atoms with E-state index in [9.17, 15) is 14.4 Å². The number of rotatable bonds is 12. The van der Waals surface area contributed by atoms with Crippen LogP contribution in [0.4, 0.5) is 4.79 Å². The van der Waals surface area contributed by atoms with Crippen molar-refractivity contribution >= 4 is 18.0 Å². The van der Waals surface area contributed by atoms with Gasteiger partial charge >= 0.3 is 12.1 Å². The third kappa shape index (κ3) is 6.41. The molecule has 0 bridgehead atoms. The molecule has 2 aliphatic rings. The van der Waals surface area contributed by atoms with Crippen molar-refractivity contribution in [3.63, 3.8) is 0 Å². The van der Waals surface area contributed by atoms with E-state index in [-0.39, 0.29) is 43.2 Å². The molecule has 35 heavy (non-hydrogen) atoms. The summed E-state index contributed by atoms with van der Waals surface area (Å²) in [5.74, 6) is -0.939. The molecule has 2 aromatic rings. The van der Waals surface area contributed by atoms with Crippen molar-refractivity contribution in [3.8, 4) is 11.1 Å². The third-order valence-electron chi connectivity index (χ3n) is 6.94. The molecule has 2 aliphatic carbocycles. The van der Waals surface area contributed by atoms with Crippen LogP contribution in [0, 0.1) is 5.92 Å². The normalized spacial score (nSPS) is 16.0. The first-order valence-electron chi connectivity index (χ1n) is 12.6. The Morgan fingerprint density at radius 3 is 2.17 bits per heavy atom. The van der Waals surface area contributed by atoms with Crippen LogP contribution >= 0.6 is 0 Å². The summed E-state index contributed by atoms with van der Waals surface area (Å²) in [4.78, 5) is 36.5. The predicted molar refractivity (Wildman–Crippen MR) is 133 cm³/mol. The molecule has 0 radical (unpaired) electrons. The fourth-order valence-corrected chi connectivity index (χ4v) is 5.00. The number of benzene rings is 2. The second-order valence-corrected chi connectivity index (χ2v) is 9.62. The van der Waals surface area contributed by atoms with E-state index in [1.165, 1.54) is 11.1 Å². The fraction of sp³-hybridized carbons (Fsp3) is 0.464. The van der Waals surface area contributed by atoms with Crippen LogP contribution in [0.25, 0.3) is 11.1 Å². The van der Waals surface area contributed by atoms with Crippen LogP contribution in [0.5, 0.6) is 0 Å². The van der Waals surface area contributed by atoms with Crippen LogP contribution in [-0.2, 0) is 14.3 Å². The van der Waals surface area contributed by atoms with Gasteiger partial charge < -0.3 is 20.5 Å². The summed E-state index contributed by atoms with van der Waals surface area (Å²) in [6.07, 6.45) is 3.82. The Morgan fingerprint density at radius 1 is 0.971 bits per heavy atom. The molecular formula is C28H34N2O5. The van der Waals surface area contributed by atoms with E-state index in [1.54, 1.807) is 0 Å². The van der Waals surface area contributed by atoms with Crippen molar-refractivity contribution in [2.45, 2.75) is 69.9 Å². The number of carbonyl (C=O) groups excluding carboxylic acids is 2. The van der Waals surface area contributed by atoms with Crippen LogP contribution in [0.15, 0.2) is 48.5 Å². The molecule has 0 aliphatic heterocycles. The van der Waals surface area contributed by atoms with Crippen LogP contribution in [0.1, 0.15) is 68.9 Å². The van der Waals surface area contributed by atoms with E-state index in [2.05, 4.69) is 34.9 Å². The van der Waals surface area contributed by atoms with Gasteiger partial charge in [-0.15, -0.1) is 0 Å². The monoisotopic (exact) mass is 478 g/mol. The van der Waals surface area contributed by atoms with Crippen LogP contribution in [0.2, 0.25) is 0 Å². The Kier molecular flexibility index (Phi) is 8.06. The van der Waals surface area contributed by atoms with Gasteiger partial charge in [0, 0.05) is 24.4 Å². The number of alkyl carbamates (subject to hydrolysis) is 1. The Hall–Kier alpha value is -3.35. The molecule has 3 N–H and O–H groups in total. The Morgan fingerprint density at radius 2 is 1.60 bits per heavy atom. The number of fused-ring (bicyclic) bond motifs is 3. The molecule has 0 saturated heterocycles. The van der Waals surface area contributed by atoms with Gasteiger partial charge in [0.2, 0.25) is 5.91 Å². The maximum Gasteiger partial charge on any atom is 0.407 e. The quantitative estimate of drug-likeness (QED) is 0.405. The number of hydrogen-bond acceptors (Lipinski definition) is 4. The van der Waals surface area contributed by atoms with Gasteiger partial charge in [0.15, 0.2) is 0 Å². The summed E-state index contributed by atoms with van der Waals surface area (Å²) in [6, 6.07) is 15.6. The molecule has 0 aromatic heterocycles. The predicted octanol–water partition coefficient (Wildman–Crippen LogP) is 4.84. The van der Waals surface area contributed by atoms with E-state index >= 15 is 0 Å². The van der Waals surface area contributed by atoms with Crippen LogP contribution in [0.3, 0.4) is 0 Å². The highest BCUT2D eigenvalue weighted by Gasteiger charge is 2.35. The zero-order valence-electron chi connectivity index (χ0n) is 20.2. The average Bonchev–Trinajstić information content (AvgIpc) is 3.63. The molecule has 2 aromatic carbocycles. The molecule has 4 rings (SSSR count). The second-order valence-electron chi connectivity index (χ2n) is 9.62. The molecule has 7 heteroatoms. The maximum atomic E-state index is 12.7. The lowest BCUT2D eigenvalue weighted by Crippen LogP contribution is -2.43. The number of carbonyl (C=O) groups is 3. The number of carboxylic acids is 1. The lowest BCUT2D eigenvalue weighted by Gasteiger charge is -2.21. The Bertz CT molecular complexity index is 1020. The van der Waals surface area contributed by atoms with Gasteiger partial charge in [0.05, 0.1) is 6.42 Å². The largest absolute Gasteiger partial charge is 0.481 e. The van der Waals surface area contributed by atoms with E-state index in [4.69, 9.17) is 9.84 Å². The summed E-state index contributed by atoms with van der Waals surface area (Å²) in [6.45, 7) is 2.25. The fourth-order valence-electron chi connectivity index (χ4n) is 5.00. The van der Waals surface area contributed by atoms with E-state index in [0.717, 1.165) is 36.8 Å². The molecule has 1 fully saturated rings. The highest BCUT2D eigenvalue weighted by Crippen LogP contribution is 2.44. The van der Waals surface area contributed by atoms with Crippen molar-refractivity contribution in [1.82, 2.24) is 10.6 Å². The van der Waals surface area contributed by atoms with Gasteiger partial charge in [-0.2, -0.15) is 0 Å². The Labute approximate surface area is 206 Å². The number of ether oxygens (including phenoxy) is 1. The second kappa shape index (κ2) is 11.4. The summed E-state index contributed by atoms with van der Waals surface area (Å²) < 4.78 is 5.66. The van der Waals surface area contributed by atoms with Gasteiger partial charge in [-0.1, -0.05) is 68.3 Å². The van der Waals surface area contributed by atoms with Gasteiger partial charge in [-0.05, 0) is 47.4 Å². The van der Waals surface area contributed by atoms with Gasteiger partial charge in [0.1, 0.15) is 6.61 Å². The minimum absolute atomic E-state index is 0.0221. The zero-order chi connectivity index (χ0) is 24.8. The molecular weight excluding hydrogens is 444 g/mol. The topological polar surface area (TPSA) is 105 Å². The first-order valence-corrected chi connectivity index (χ1v) is 12.6. The standard InChI is InChI=1S/C28H34N2O5/c1-2-3-8-19(15-27(32)33)29-26(31)16-25(18-13-14-18)30-28(34)35-17-24-22-11-6-4-9-20(22)21-10-5-7-12-23(21)24/h4-7,9-12,18-19,24-25H,2-3,8,13-17H2,1H3,(H,29,31)(H,30,34)(H,32,33)/t19-,25?/m1/s1. The van der Waals surface area contributed by atoms with E-state index < -0.39 is 18.1 Å². The lowest BCUT2D eigenvalue weighted by molar-refractivity contribution is -0.137. The summed E-state index contributed by atoms with van der Waals surface area (Å²) in [5.41, 5.74) is 4.64. The van der Waals surface area contributed by atoms with Gasteiger partial charge in [0.25, 0.3) is 0 Å². The lowest BCUT2D eigenvalue weighted by atomic mass is 9.98. The Balaban J connectivity index is 1.33. The van der Waals surface area contributed by atoms with Crippen molar-refractivity contribution in [2.75, 3.05) is 6.61 Å². The van der Waals surface area contributed by atoms with Crippen molar-refractivity contribution in [2.24, 2.45) is 5.92 Å². The van der Waals surface area contributed by atoms with Crippen LogP contribution < -0.4 is 10.6 Å². The smallest absolute Gasteiger partial charge is 0.407 e. The highest BCUT2D eigenvalue weighted by atomic mass is 16.5. The summed E-state index contributed by atoms with van der Waals surface area (Å²) in [5, 5.41) is 14.9. The highest BCUT2D eigenvalue weighted by molar-refractivity contribution is 5.80. The molecule has 2 amide bonds. The van der Waals surface area contributed by atoms with Crippen molar-refractivity contribution < 1.29 is 24.2 Å². The summed E-state index contributed by atoms with van der Waals surface area (Å²) in [7, 11) is 0. The van der Waals surface area contributed by atoms with Crippen LogP contribution in [-0.4, -0.2) is 41.8 Å². The minimum Gasteiger partial charge on any atom is -0.481 e. The molecule has 2 atom stereocenters. The average molecular weight is 479 g/mol. The number of nitrogens with one attached hydrogen (secondary N) is 2. The van der Waals surface area contributed by atoms with Crippen molar-refractivity contribution in [3.05, 3.63) is 59.7 Å². The number of hydrogen-bond donors (Lipinski definition) is 3. The van der Waals surface area contributed by atoms with Crippen molar-refractivity contribution in [1.29, 1.82) is 0 Å². The molecule has 0 heterocycles. The molecule has 1 unspecified atom stereocenters. The molecule has 1 saturated carbocycles. The number of carboxylic acid groups (broad SMARTS) is 1. The first-order chi connectivity index (χ1) is 17.0. The van der Waals surface area contributed by atoms with E-state index in [1.807, 2.05) is 31.2 Å². The SMILES string of the molecule is CCCC[C@H](CC(=O)O)NC(=O)CC(NC(=O)OCC1c2ccccc2-c2ccccc21)C1CC1. The molecule has 186 valence electrons. The minimum atomic E-state index is -0.929. The summed E-state index contributed by atoms with van der Waals surface area (Å²) >= 11 is 0. The number of unbranched alkanes of at least 4 members (excludes halogenated alkanes) is 1. The third-order valence-corrected chi connectivity index (χ3v) is 6.94. The van der Waals surface area contributed by atoms with Gasteiger partial charge in [-0.25, -0.2) is 4.79 Å². The molecule has 7 nitrogen and oxygen atoms in total. The number of aliphatic carboxylic acids is 1. The maximum absolute atomic E-state index is 12.7. The first kappa shape index (κ1) is 24.8. The zero-order valence-corrected chi connectivity index (χ0v) is 20.2.